The quantitative estimate of drug-likeness (QED) is 0.902. The van der Waals surface area contributed by atoms with E-state index in [0.717, 1.165) is 45.0 Å². The van der Waals surface area contributed by atoms with Crippen molar-refractivity contribution in [3.63, 3.8) is 0 Å². The number of amides is 1. The molecular formula is C19H26N2O3. The maximum atomic E-state index is 12.4. The summed E-state index contributed by atoms with van der Waals surface area (Å²) in [5, 5.41) is 2.97. The first kappa shape index (κ1) is 15.9. The molecule has 0 aromatic heterocycles. The van der Waals surface area contributed by atoms with Gasteiger partial charge in [-0.05, 0) is 43.7 Å². The summed E-state index contributed by atoms with van der Waals surface area (Å²) in [5.41, 5.74) is 0.623. The van der Waals surface area contributed by atoms with Gasteiger partial charge in [-0.25, -0.2) is 0 Å². The van der Waals surface area contributed by atoms with Crippen LogP contribution in [0.1, 0.15) is 36.0 Å². The Morgan fingerprint density at radius 2 is 1.96 bits per heavy atom. The molecule has 0 radical (unpaired) electrons. The Morgan fingerprint density at radius 3 is 2.83 bits per heavy atom. The van der Waals surface area contributed by atoms with Crippen LogP contribution < -0.4 is 10.1 Å². The van der Waals surface area contributed by atoms with Crippen LogP contribution in [0.15, 0.2) is 24.3 Å². The van der Waals surface area contributed by atoms with Crippen LogP contribution in [0.4, 0.5) is 0 Å². The summed E-state index contributed by atoms with van der Waals surface area (Å²) in [6, 6.07) is 7.53. The molecule has 0 spiro atoms. The highest BCUT2D eigenvalue weighted by Gasteiger charge is 2.38. The lowest BCUT2D eigenvalue weighted by molar-refractivity contribution is -0.000341. The van der Waals surface area contributed by atoms with Crippen LogP contribution in [0.25, 0.3) is 0 Å². The Labute approximate surface area is 143 Å². The summed E-state index contributed by atoms with van der Waals surface area (Å²) < 4.78 is 12.4. The lowest BCUT2D eigenvalue weighted by Gasteiger charge is -2.23. The van der Waals surface area contributed by atoms with Crippen LogP contribution in [0.5, 0.6) is 5.75 Å². The van der Waals surface area contributed by atoms with E-state index in [1.54, 1.807) is 0 Å². The largest absolute Gasteiger partial charge is 0.485 e. The van der Waals surface area contributed by atoms with Gasteiger partial charge in [0.2, 0.25) is 0 Å². The Bertz CT molecular complexity index is 588. The first-order valence-corrected chi connectivity index (χ1v) is 9.17. The molecule has 1 saturated carbocycles. The van der Waals surface area contributed by atoms with Gasteiger partial charge in [0, 0.05) is 32.8 Å². The van der Waals surface area contributed by atoms with Crippen LogP contribution in [-0.4, -0.2) is 55.8 Å². The number of ether oxygens (including phenoxy) is 2. The van der Waals surface area contributed by atoms with E-state index >= 15 is 0 Å². The molecule has 5 nitrogen and oxygen atoms in total. The second-order valence-corrected chi connectivity index (χ2v) is 7.19. The van der Waals surface area contributed by atoms with E-state index < -0.39 is 0 Å². The number of likely N-dealkylation sites (tertiary alicyclic amines) is 1. The second-order valence-electron chi connectivity index (χ2n) is 7.19. The zero-order valence-corrected chi connectivity index (χ0v) is 14.1. The molecule has 24 heavy (non-hydrogen) atoms. The minimum absolute atomic E-state index is 0.00266. The molecule has 5 heteroatoms. The van der Waals surface area contributed by atoms with Crippen LogP contribution in [0, 0.1) is 5.92 Å². The van der Waals surface area contributed by atoms with Gasteiger partial charge in [0.1, 0.15) is 18.0 Å². The SMILES string of the molecule is O=C1NCCCCO[C@H]2CN(CC3CC3)C[C@H]2Oc2ccccc21. The molecule has 2 atom stereocenters. The van der Waals surface area contributed by atoms with Gasteiger partial charge in [0.25, 0.3) is 5.91 Å². The van der Waals surface area contributed by atoms with E-state index in [0.29, 0.717) is 17.9 Å². The van der Waals surface area contributed by atoms with Crippen molar-refractivity contribution >= 4 is 5.91 Å². The molecule has 0 bridgehead atoms. The lowest BCUT2D eigenvalue weighted by atomic mass is 10.1. The fourth-order valence-corrected chi connectivity index (χ4v) is 3.59. The number of carbonyl (C=O) groups excluding carboxylic acids is 1. The average molecular weight is 330 g/mol. The minimum Gasteiger partial charge on any atom is -0.485 e. The van der Waals surface area contributed by atoms with Crippen molar-refractivity contribution in [2.45, 2.75) is 37.9 Å². The monoisotopic (exact) mass is 330 g/mol. The topological polar surface area (TPSA) is 50.8 Å². The normalized spacial score (nSPS) is 28.8. The van der Waals surface area contributed by atoms with Gasteiger partial charge >= 0.3 is 0 Å². The Balaban J connectivity index is 1.53. The molecule has 1 aromatic rings. The fourth-order valence-electron chi connectivity index (χ4n) is 3.59. The number of fused-ring (bicyclic) bond motifs is 2. The molecule has 1 N–H and O–H groups in total. The summed E-state index contributed by atoms with van der Waals surface area (Å²) in [4.78, 5) is 14.9. The molecule has 130 valence electrons. The van der Waals surface area contributed by atoms with E-state index in [2.05, 4.69) is 10.2 Å². The van der Waals surface area contributed by atoms with E-state index in [1.807, 2.05) is 24.3 Å². The third kappa shape index (κ3) is 3.73. The summed E-state index contributed by atoms with van der Waals surface area (Å²) in [5.74, 6) is 1.49. The standard InChI is InChI=1S/C19H26N2O3/c22-19-15-5-1-2-6-16(15)24-18-13-21(11-14-7-8-14)12-17(18)23-10-4-3-9-20-19/h1-2,5-6,14,17-18H,3-4,7-13H2,(H,20,22)/t17-,18+/m0/s1. The molecule has 0 unspecified atom stereocenters. The predicted octanol–water partition coefficient (Wildman–Crippen LogP) is 2.07. The van der Waals surface area contributed by atoms with Crippen molar-refractivity contribution in [2.75, 3.05) is 32.8 Å². The molecule has 2 fully saturated rings. The average Bonchev–Trinajstić information content (AvgIpc) is 3.31. The first-order chi connectivity index (χ1) is 11.8. The molecule has 2 heterocycles. The molecule has 3 aliphatic rings. The third-order valence-electron chi connectivity index (χ3n) is 5.10. The molecule has 1 aromatic carbocycles. The molecule has 2 aliphatic heterocycles. The number of hydrogen-bond acceptors (Lipinski definition) is 4. The van der Waals surface area contributed by atoms with Crippen molar-refractivity contribution in [1.82, 2.24) is 10.2 Å². The molecular weight excluding hydrogens is 304 g/mol. The van der Waals surface area contributed by atoms with Crippen molar-refractivity contribution < 1.29 is 14.3 Å². The lowest BCUT2D eigenvalue weighted by Crippen LogP contribution is -2.34. The summed E-state index contributed by atoms with van der Waals surface area (Å²) >= 11 is 0. The van der Waals surface area contributed by atoms with Gasteiger partial charge in [0.05, 0.1) is 5.56 Å². The molecule has 1 amide bonds. The molecule has 1 saturated heterocycles. The predicted molar refractivity (Wildman–Crippen MR) is 91.3 cm³/mol. The van der Waals surface area contributed by atoms with Gasteiger partial charge < -0.3 is 14.8 Å². The zero-order valence-electron chi connectivity index (χ0n) is 14.1. The zero-order chi connectivity index (χ0) is 16.4. The highest BCUT2D eigenvalue weighted by molar-refractivity contribution is 5.96. The van der Waals surface area contributed by atoms with E-state index in [1.165, 1.54) is 12.8 Å². The van der Waals surface area contributed by atoms with Crippen molar-refractivity contribution in [3.05, 3.63) is 29.8 Å². The first-order valence-electron chi connectivity index (χ1n) is 9.17. The summed E-state index contributed by atoms with van der Waals surface area (Å²) in [6.45, 7) is 4.40. The Morgan fingerprint density at radius 1 is 1.12 bits per heavy atom. The minimum atomic E-state index is -0.0449. The maximum absolute atomic E-state index is 12.4. The summed E-state index contributed by atoms with van der Waals surface area (Å²) in [7, 11) is 0. The number of para-hydroxylation sites is 1. The van der Waals surface area contributed by atoms with E-state index in [4.69, 9.17) is 9.47 Å². The number of benzene rings is 1. The van der Waals surface area contributed by atoms with Crippen molar-refractivity contribution in [2.24, 2.45) is 5.92 Å². The third-order valence-corrected chi connectivity index (χ3v) is 5.10. The van der Waals surface area contributed by atoms with Crippen LogP contribution >= 0.6 is 0 Å². The summed E-state index contributed by atoms with van der Waals surface area (Å²) in [6.07, 6.45) is 4.72. The van der Waals surface area contributed by atoms with E-state index in [-0.39, 0.29) is 18.1 Å². The van der Waals surface area contributed by atoms with Crippen LogP contribution in [0.3, 0.4) is 0 Å². The van der Waals surface area contributed by atoms with Crippen molar-refractivity contribution in [1.29, 1.82) is 0 Å². The fraction of sp³-hybridized carbons (Fsp3) is 0.632. The molecule has 4 rings (SSSR count). The Hall–Kier alpha value is -1.59. The number of rotatable bonds is 2. The van der Waals surface area contributed by atoms with Crippen LogP contribution in [0.2, 0.25) is 0 Å². The van der Waals surface area contributed by atoms with Gasteiger partial charge in [-0.3, -0.25) is 9.69 Å². The number of nitrogens with zero attached hydrogens (tertiary/aromatic N) is 1. The van der Waals surface area contributed by atoms with Gasteiger partial charge in [-0.2, -0.15) is 0 Å². The van der Waals surface area contributed by atoms with Crippen molar-refractivity contribution in [3.8, 4) is 5.75 Å². The smallest absolute Gasteiger partial charge is 0.255 e. The second kappa shape index (κ2) is 7.11. The Kier molecular flexibility index (Phi) is 4.72. The maximum Gasteiger partial charge on any atom is 0.255 e. The highest BCUT2D eigenvalue weighted by Crippen LogP contribution is 2.32. The molecule has 1 aliphatic carbocycles. The highest BCUT2D eigenvalue weighted by atomic mass is 16.5. The van der Waals surface area contributed by atoms with Gasteiger partial charge in [0.15, 0.2) is 0 Å². The number of nitrogens with one attached hydrogen (secondary N) is 1. The van der Waals surface area contributed by atoms with Crippen LogP contribution in [-0.2, 0) is 4.74 Å². The number of hydrogen-bond donors (Lipinski definition) is 1. The van der Waals surface area contributed by atoms with E-state index in [9.17, 15) is 4.79 Å². The number of carbonyl (C=O) groups is 1. The van der Waals surface area contributed by atoms with Gasteiger partial charge in [-0.1, -0.05) is 12.1 Å². The van der Waals surface area contributed by atoms with Gasteiger partial charge in [-0.15, -0.1) is 0 Å².